The number of pyridine rings is 1. The first-order valence-corrected chi connectivity index (χ1v) is 8.66. The lowest BCUT2D eigenvalue weighted by molar-refractivity contribution is -0.124. The van der Waals surface area contributed by atoms with E-state index in [0.717, 1.165) is 35.7 Å². The van der Waals surface area contributed by atoms with Crippen molar-refractivity contribution in [3.63, 3.8) is 0 Å². The van der Waals surface area contributed by atoms with Gasteiger partial charge < -0.3 is 19.8 Å². The molecule has 0 spiro atoms. The van der Waals surface area contributed by atoms with Gasteiger partial charge in [0, 0.05) is 17.7 Å². The summed E-state index contributed by atoms with van der Waals surface area (Å²) in [6, 6.07) is 4.09. The van der Waals surface area contributed by atoms with Gasteiger partial charge in [0.15, 0.2) is 0 Å². The summed E-state index contributed by atoms with van der Waals surface area (Å²) in [6.45, 7) is 7.16. The number of nitrogens with one attached hydrogen (secondary N) is 2. The van der Waals surface area contributed by atoms with Crippen LogP contribution in [0.25, 0.3) is 5.52 Å². The Kier molecular flexibility index (Phi) is 2.89. The molecule has 2 fully saturated rings. The molecule has 0 radical (unpaired) electrons. The van der Waals surface area contributed by atoms with Crippen LogP contribution in [0.15, 0.2) is 18.3 Å². The van der Waals surface area contributed by atoms with Gasteiger partial charge in [0.05, 0.1) is 30.0 Å². The van der Waals surface area contributed by atoms with Gasteiger partial charge in [0.25, 0.3) is 0 Å². The van der Waals surface area contributed by atoms with Crippen LogP contribution in [0, 0.1) is 17.8 Å². The van der Waals surface area contributed by atoms with Gasteiger partial charge >= 0.3 is 0 Å². The van der Waals surface area contributed by atoms with Gasteiger partial charge in [-0.2, -0.15) is 0 Å². The summed E-state index contributed by atoms with van der Waals surface area (Å²) in [7, 11) is 0. The highest BCUT2D eigenvalue weighted by Crippen LogP contribution is 2.49. The van der Waals surface area contributed by atoms with Crippen molar-refractivity contribution in [2.24, 2.45) is 17.8 Å². The van der Waals surface area contributed by atoms with Crippen molar-refractivity contribution in [1.82, 2.24) is 20.0 Å². The minimum absolute atomic E-state index is 0.164. The summed E-state index contributed by atoms with van der Waals surface area (Å²) in [6.07, 6.45) is 2.03. The van der Waals surface area contributed by atoms with Crippen LogP contribution in [0.2, 0.25) is 0 Å². The molecule has 2 aromatic rings. The molecule has 1 amide bonds. The summed E-state index contributed by atoms with van der Waals surface area (Å²) in [5.74, 6) is 2.26. The molecule has 2 aliphatic heterocycles. The topological polar surface area (TPSA) is 67.7 Å². The Morgan fingerprint density at radius 3 is 2.96 bits per heavy atom. The molecule has 5 rings (SSSR count). The Labute approximate surface area is 140 Å². The Hall–Kier alpha value is -1.92. The van der Waals surface area contributed by atoms with Crippen LogP contribution in [-0.4, -0.2) is 28.4 Å². The molecule has 2 aromatic heterocycles. The lowest BCUT2D eigenvalue weighted by Gasteiger charge is -2.26. The van der Waals surface area contributed by atoms with Crippen LogP contribution in [0.3, 0.4) is 0 Å². The lowest BCUT2D eigenvalue weighted by Crippen LogP contribution is -2.44. The summed E-state index contributed by atoms with van der Waals surface area (Å²) < 4.78 is 7.74. The van der Waals surface area contributed by atoms with Crippen LogP contribution in [-0.2, 0) is 28.3 Å². The summed E-state index contributed by atoms with van der Waals surface area (Å²) in [5.41, 5.74) is 2.73. The monoisotopic (exact) mass is 326 g/mol. The van der Waals surface area contributed by atoms with Gasteiger partial charge in [-0.05, 0) is 44.8 Å². The third-order valence-electron chi connectivity index (χ3n) is 5.71. The second-order valence-corrected chi connectivity index (χ2v) is 7.75. The predicted octanol–water partition coefficient (Wildman–Crippen LogP) is 1.18. The van der Waals surface area contributed by atoms with Gasteiger partial charge in [0.2, 0.25) is 5.91 Å². The molecule has 126 valence electrons. The van der Waals surface area contributed by atoms with Crippen molar-refractivity contribution in [3.8, 4) is 0 Å². The average molecular weight is 326 g/mol. The van der Waals surface area contributed by atoms with Crippen molar-refractivity contribution in [3.05, 3.63) is 35.4 Å². The number of nitrogens with zero attached hydrogens (tertiary/aromatic N) is 2. The first-order valence-electron chi connectivity index (χ1n) is 8.66. The second kappa shape index (κ2) is 4.80. The van der Waals surface area contributed by atoms with E-state index in [2.05, 4.69) is 21.1 Å². The van der Waals surface area contributed by atoms with E-state index in [-0.39, 0.29) is 11.8 Å². The highest BCUT2D eigenvalue weighted by Gasteiger charge is 2.57. The minimum Gasteiger partial charge on any atom is -0.370 e. The minimum atomic E-state index is -0.522. The molecule has 6 nitrogen and oxygen atoms in total. The fraction of sp³-hybridized carbons (Fsp3) is 0.556. The molecule has 2 N–H and O–H groups in total. The van der Waals surface area contributed by atoms with E-state index in [1.165, 1.54) is 0 Å². The van der Waals surface area contributed by atoms with Crippen LogP contribution in [0.5, 0.6) is 0 Å². The predicted molar refractivity (Wildman–Crippen MR) is 88.2 cm³/mol. The Morgan fingerprint density at radius 2 is 2.17 bits per heavy atom. The SMILES string of the molecule is CC(C)(NC(=O)C1[C@H]2CNC[C@@H]12)c1nc2c3c(cccn13)COC2. The fourth-order valence-corrected chi connectivity index (χ4v) is 4.46. The molecule has 1 aliphatic carbocycles. The van der Waals surface area contributed by atoms with Crippen LogP contribution in [0.1, 0.15) is 30.9 Å². The molecule has 6 heteroatoms. The summed E-state index contributed by atoms with van der Waals surface area (Å²) in [4.78, 5) is 17.5. The van der Waals surface area contributed by atoms with Crippen LogP contribution in [0.4, 0.5) is 0 Å². The summed E-state index contributed by atoms with van der Waals surface area (Å²) >= 11 is 0. The highest BCUT2D eigenvalue weighted by molar-refractivity contribution is 5.83. The molecule has 0 bridgehead atoms. The number of hydrogen-bond donors (Lipinski definition) is 2. The Morgan fingerprint density at radius 1 is 1.38 bits per heavy atom. The molecule has 3 atom stereocenters. The Balaban J connectivity index is 1.48. The van der Waals surface area contributed by atoms with Gasteiger partial charge in [-0.3, -0.25) is 4.79 Å². The van der Waals surface area contributed by atoms with Crippen LogP contribution < -0.4 is 10.6 Å². The smallest absolute Gasteiger partial charge is 0.224 e. The second-order valence-electron chi connectivity index (χ2n) is 7.75. The average Bonchev–Trinajstić information content (AvgIpc) is 2.90. The molecule has 1 saturated heterocycles. The zero-order valence-electron chi connectivity index (χ0n) is 14.0. The van der Waals surface area contributed by atoms with E-state index in [9.17, 15) is 4.79 Å². The molecular weight excluding hydrogens is 304 g/mol. The molecular formula is C18H22N4O2. The number of hydrogen-bond acceptors (Lipinski definition) is 4. The van der Waals surface area contributed by atoms with Crippen molar-refractivity contribution in [2.75, 3.05) is 13.1 Å². The van der Waals surface area contributed by atoms with Gasteiger partial charge in [-0.15, -0.1) is 0 Å². The number of imidazole rings is 1. The zero-order chi connectivity index (χ0) is 16.5. The van der Waals surface area contributed by atoms with E-state index in [1.54, 1.807) is 0 Å². The molecule has 3 aliphatic rings. The highest BCUT2D eigenvalue weighted by atomic mass is 16.5. The van der Waals surface area contributed by atoms with Gasteiger partial charge in [-0.25, -0.2) is 4.98 Å². The fourth-order valence-electron chi connectivity index (χ4n) is 4.46. The van der Waals surface area contributed by atoms with Crippen molar-refractivity contribution in [2.45, 2.75) is 32.6 Å². The normalized spacial score (nSPS) is 28.0. The maximum atomic E-state index is 12.7. The number of carbonyl (C=O) groups excluding carboxylic acids is 1. The van der Waals surface area contributed by atoms with E-state index in [0.29, 0.717) is 25.0 Å². The molecule has 1 saturated carbocycles. The number of amides is 1. The third-order valence-corrected chi connectivity index (χ3v) is 5.71. The number of rotatable bonds is 3. The maximum Gasteiger partial charge on any atom is 0.224 e. The summed E-state index contributed by atoms with van der Waals surface area (Å²) in [5, 5.41) is 6.58. The van der Waals surface area contributed by atoms with Crippen molar-refractivity contribution >= 4 is 11.4 Å². The van der Waals surface area contributed by atoms with Gasteiger partial charge in [0.1, 0.15) is 5.82 Å². The lowest BCUT2D eigenvalue weighted by atomic mass is 10.0. The quantitative estimate of drug-likeness (QED) is 0.889. The zero-order valence-corrected chi connectivity index (χ0v) is 14.0. The van der Waals surface area contributed by atoms with Crippen LogP contribution >= 0.6 is 0 Å². The number of piperidine rings is 1. The largest absolute Gasteiger partial charge is 0.370 e. The maximum absolute atomic E-state index is 12.7. The molecule has 4 heterocycles. The van der Waals surface area contributed by atoms with Gasteiger partial charge in [-0.1, -0.05) is 6.07 Å². The Bertz CT molecular complexity index is 831. The van der Waals surface area contributed by atoms with E-state index in [4.69, 9.17) is 9.72 Å². The number of carbonyl (C=O) groups is 1. The first kappa shape index (κ1) is 14.4. The van der Waals surface area contributed by atoms with E-state index >= 15 is 0 Å². The van der Waals surface area contributed by atoms with Crippen molar-refractivity contribution in [1.29, 1.82) is 0 Å². The van der Waals surface area contributed by atoms with E-state index < -0.39 is 5.54 Å². The first-order chi connectivity index (χ1) is 11.6. The third kappa shape index (κ3) is 1.96. The van der Waals surface area contributed by atoms with Crippen molar-refractivity contribution < 1.29 is 9.53 Å². The molecule has 24 heavy (non-hydrogen) atoms. The van der Waals surface area contributed by atoms with E-state index in [1.807, 2.05) is 26.1 Å². The molecule has 1 unspecified atom stereocenters. The number of ether oxygens (including phenoxy) is 1. The standard InChI is InChI=1S/C18H22N4O2/c1-18(2,21-16(23)14-11-6-19-7-12(11)14)17-20-13-9-24-8-10-4-3-5-22(17)15(10)13/h3-5,11-12,14,19H,6-9H2,1-2H3,(H,21,23)/t11-,12+,14?. The number of fused-ring (bicyclic) bond motifs is 1. The number of aromatic nitrogens is 2. The molecule has 0 aromatic carbocycles.